The molecule has 1 heterocycles. The number of amides is 3. The van der Waals surface area contributed by atoms with Crippen molar-refractivity contribution < 1.29 is 14.7 Å². The van der Waals surface area contributed by atoms with E-state index in [2.05, 4.69) is 10.6 Å². The first-order valence-electron chi connectivity index (χ1n) is 7.77. The minimum Gasteiger partial charge on any atom is -0.392 e. The van der Waals surface area contributed by atoms with Crippen LogP contribution in [0.1, 0.15) is 53.4 Å². The van der Waals surface area contributed by atoms with Gasteiger partial charge in [0.1, 0.15) is 0 Å². The average molecular weight is 299 g/mol. The molecule has 3 N–H and O–H groups in total. The third kappa shape index (κ3) is 6.44. The predicted octanol–water partition coefficient (Wildman–Crippen LogP) is 1.24. The van der Waals surface area contributed by atoms with Gasteiger partial charge in [-0.15, -0.1) is 0 Å². The molecular weight excluding hydrogens is 270 g/mol. The van der Waals surface area contributed by atoms with E-state index < -0.39 is 12.1 Å². The number of aliphatic hydroxyl groups excluding tert-OH is 1. The van der Waals surface area contributed by atoms with Crippen LogP contribution in [0.15, 0.2) is 0 Å². The van der Waals surface area contributed by atoms with Crippen LogP contribution < -0.4 is 10.6 Å². The number of hydrogen-bond donors (Lipinski definition) is 3. The molecule has 1 aliphatic heterocycles. The van der Waals surface area contributed by atoms with Gasteiger partial charge in [0.15, 0.2) is 0 Å². The van der Waals surface area contributed by atoms with Gasteiger partial charge in [-0.25, -0.2) is 4.79 Å². The highest BCUT2D eigenvalue weighted by molar-refractivity contribution is 5.95. The summed E-state index contributed by atoms with van der Waals surface area (Å²) in [6.45, 7) is 8.45. The van der Waals surface area contributed by atoms with Gasteiger partial charge in [0.05, 0.1) is 12.6 Å². The number of carbonyl (C=O) groups excluding carboxylic acids is 2. The highest BCUT2D eigenvalue weighted by Gasteiger charge is 2.29. The summed E-state index contributed by atoms with van der Waals surface area (Å²) in [5.41, 5.74) is -0.379. The number of likely N-dealkylation sites (tertiary alicyclic amines) is 1. The van der Waals surface area contributed by atoms with Crippen molar-refractivity contribution in [1.82, 2.24) is 15.5 Å². The maximum atomic E-state index is 12.0. The SMILES string of the molecule is CCC(O)C1CCCCN1CC(=O)NC(=O)NC(C)(C)C. The van der Waals surface area contributed by atoms with Crippen LogP contribution in [0.4, 0.5) is 4.79 Å². The Bertz CT molecular complexity index is 366. The van der Waals surface area contributed by atoms with E-state index in [0.717, 1.165) is 25.8 Å². The van der Waals surface area contributed by atoms with Crippen molar-refractivity contribution in [1.29, 1.82) is 0 Å². The van der Waals surface area contributed by atoms with Gasteiger partial charge in [0.2, 0.25) is 5.91 Å². The van der Waals surface area contributed by atoms with Crippen molar-refractivity contribution in [3.05, 3.63) is 0 Å². The summed E-state index contributed by atoms with van der Waals surface area (Å²) < 4.78 is 0. The highest BCUT2D eigenvalue weighted by atomic mass is 16.3. The van der Waals surface area contributed by atoms with Crippen molar-refractivity contribution in [2.24, 2.45) is 0 Å². The quantitative estimate of drug-likeness (QED) is 0.729. The number of nitrogens with one attached hydrogen (secondary N) is 2. The highest BCUT2D eigenvalue weighted by Crippen LogP contribution is 2.20. The van der Waals surface area contributed by atoms with Gasteiger partial charge in [0.25, 0.3) is 0 Å². The molecule has 1 aliphatic rings. The van der Waals surface area contributed by atoms with Crippen LogP contribution >= 0.6 is 0 Å². The number of piperidine rings is 1. The van der Waals surface area contributed by atoms with Gasteiger partial charge < -0.3 is 10.4 Å². The molecule has 2 unspecified atom stereocenters. The normalized spacial score (nSPS) is 21.7. The average Bonchev–Trinajstić information content (AvgIpc) is 2.35. The van der Waals surface area contributed by atoms with E-state index in [9.17, 15) is 14.7 Å². The van der Waals surface area contributed by atoms with E-state index in [4.69, 9.17) is 0 Å². The van der Waals surface area contributed by atoms with Crippen LogP contribution in [-0.4, -0.2) is 52.7 Å². The third-order valence-electron chi connectivity index (χ3n) is 3.61. The van der Waals surface area contributed by atoms with Gasteiger partial charge in [-0.2, -0.15) is 0 Å². The molecule has 0 radical (unpaired) electrons. The van der Waals surface area contributed by atoms with Crippen molar-refractivity contribution in [3.63, 3.8) is 0 Å². The lowest BCUT2D eigenvalue weighted by atomic mass is 9.96. The predicted molar refractivity (Wildman–Crippen MR) is 81.9 cm³/mol. The molecular formula is C15H29N3O3. The molecule has 0 bridgehead atoms. The Morgan fingerprint density at radius 3 is 2.57 bits per heavy atom. The van der Waals surface area contributed by atoms with E-state index in [0.29, 0.717) is 6.42 Å². The van der Waals surface area contributed by atoms with Crippen LogP contribution in [-0.2, 0) is 4.79 Å². The number of nitrogens with zero attached hydrogens (tertiary/aromatic N) is 1. The lowest BCUT2D eigenvalue weighted by Crippen LogP contribution is -2.53. The third-order valence-corrected chi connectivity index (χ3v) is 3.61. The molecule has 122 valence electrons. The monoisotopic (exact) mass is 299 g/mol. The second-order valence-electron chi connectivity index (χ2n) is 6.76. The maximum absolute atomic E-state index is 12.0. The lowest BCUT2D eigenvalue weighted by Gasteiger charge is -2.37. The number of carbonyl (C=O) groups is 2. The maximum Gasteiger partial charge on any atom is 0.321 e. The summed E-state index contributed by atoms with van der Waals surface area (Å²) in [6.07, 6.45) is 3.25. The molecule has 1 saturated heterocycles. The molecule has 6 nitrogen and oxygen atoms in total. The van der Waals surface area contributed by atoms with Crippen LogP contribution in [0.5, 0.6) is 0 Å². The summed E-state index contributed by atoms with van der Waals surface area (Å²) in [6, 6.07) is -0.461. The van der Waals surface area contributed by atoms with E-state index in [1.54, 1.807) is 0 Å². The molecule has 6 heteroatoms. The second kappa shape index (κ2) is 7.75. The molecule has 0 spiro atoms. The summed E-state index contributed by atoms with van der Waals surface area (Å²) in [5, 5.41) is 15.1. The van der Waals surface area contributed by atoms with Crippen LogP contribution in [0.2, 0.25) is 0 Å². The largest absolute Gasteiger partial charge is 0.392 e. The second-order valence-corrected chi connectivity index (χ2v) is 6.76. The minimum atomic E-state index is -0.475. The van der Waals surface area contributed by atoms with Gasteiger partial charge >= 0.3 is 6.03 Å². The molecule has 21 heavy (non-hydrogen) atoms. The number of urea groups is 1. The summed E-state index contributed by atoms with van der Waals surface area (Å²) in [4.78, 5) is 25.6. The van der Waals surface area contributed by atoms with Crippen molar-refractivity contribution in [2.45, 2.75) is 71.1 Å². The van der Waals surface area contributed by atoms with E-state index in [1.165, 1.54) is 0 Å². The fourth-order valence-electron chi connectivity index (χ4n) is 2.64. The molecule has 0 saturated carbocycles. The smallest absolute Gasteiger partial charge is 0.321 e. The standard InChI is InChI=1S/C15H29N3O3/c1-5-12(19)11-8-6-7-9-18(11)10-13(20)16-14(21)17-15(2,3)4/h11-12,19H,5-10H2,1-4H3,(H2,16,17,20,21). The van der Waals surface area contributed by atoms with E-state index in [1.807, 2.05) is 32.6 Å². The number of hydrogen-bond acceptors (Lipinski definition) is 4. The molecule has 0 aliphatic carbocycles. The van der Waals surface area contributed by atoms with Gasteiger partial charge in [0, 0.05) is 11.6 Å². The first-order valence-corrected chi connectivity index (χ1v) is 7.77. The molecule has 0 aromatic heterocycles. The number of rotatable bonds is 4. The Morgan fingerprint density at radius 2 is 2.00 bits per heavy atom. The van der Waals surface area contributed by atoms with Gasteiger partial charge in [-0.1, -0.05) is 13.3 Å². The lowest BCUT2D eigenvalue weighted by molar-refractivity contribution is -0.122. The fourth-order valence-corrected chi connectivity index (χ4v) is 2.64. The van der Waals surface area contributed by atoms with Crippen molar-refractivity contribution in [2.75, 3.05) is 13.1 Å². The van der Waals surface area contributed by atoms with Crippen molar-refractivity contribution >= 4 is 11.9 Å². The first kappa shape index (κ1) is 17.9. The molecule has 1 rings (SSSR count). The molecule has 3 amide bonds. The van der Waals surface area contributed by atoms with Crippen LogP contribution in [0.3, 0.4) is 0 Å². The van der Waals surface area contributed by atoms with Gasteiger partial charge in [-0.05, 0) is 46.6 Å². The molecule has 0 aromatic rings. The Hall–Kier alpha value is -1.14. The summed E-state index contributed by atoms with van der Waals surface area (Å²) >= 11 is 0. The topological polar surface area (TPSA) is 81.7 Å². The zero-order valence-electron chi connectivity index (χ0n) is 13.6. The van der Waals surface area contributed by atoms with Crippen molar-refractivity contribution in [3.8, 4) is 0 Å². The molecule has 1 fully saturated rings. The van der Waals surface area contributed by atoms with Crippen LogP contribution in [0.25, 0.3) is 0 Å². The zero-order valence-corrected chi connectivity index (χ0v) is 13.6. The zero-order chi connectivity index (χ0) is 16.0. The minimum absolute atomic E-state index is 0.0141. The fraction of sp³-hybridized carbons (Fsp3) is 0.867. The number of imide groups is 1. The Labute approximate surface area is 127 Å². The molecule has 2 atom stereocenters. The molecule has 0 aromatic carbocycles. The number of aliphatic hydroxyl groups is 1. The van der Waals surface area contributed by atoms with Gasteiger partial charge in [-0.3, -0.25) is 15.0 Å². The van der Waals surface area contributed by atoms with E-state index in [-0.39, 0.29) is 24.0 Å². The Morgan fingerprint density at radius 1 is 1.33 bits per heavy atom. The Kier molecular flexibility index (Phi) is 6.61. The van der Waals surface area contributed by atoms with E-state index >= 15 is 0 Å². The first-order chi connectivity index (χ1) is 9.73. The Balaban J connectivity index is 2.50. The summed E-state index contributed by atoms with van der Waals surface area (Å²) in [7, 11) is 0. The summed E-state index contributed by atoms with van der Waals surface area (Å²) in [5.74, 6) is -0.327. The van der Waals surface area contributed by atoms with Crippen LogP contribution in [0, 0.1) is 0 Å².